The molecule has 1 aliphatic rings. The number of furan rings is 1. The molecule has 2 nitrogen and oxygen atoms in total. The molecule has 1 aliphatic carbocycles. The van der Waals surface area contributed by atoms with Gasteiger partial charge in [0.15, 0.2) is 0 Å². The Balaban J connectivity index is 1.16. The van der Waals surface area contributed by atoms with Gasteiger partial charge in [-0.1, -0.05) is 188 Å². The lowest BCUT2D eigenvalue weighted by atomic mass is 9.68. The summed E-state index contributed by atoms with van der Waals surface area (Å²) in [5, 5.41) is 6.93. The highest BCUT2D eigenvalue weighted by molar-refractivity contribution is 6.16. The van der Waals surface area contributed by atoms with Crippen LogP contribution in [0.15, 0.2) is 229 Å². The van der Waals surface area contributed by atoms with Crippen LogP contribution in [0.2, 0.25) is 0 Å². The Morgan fingerprint density at radius 3 is 1.73 bits per heavy atom. The first-order valence-corrected chi connectivity index (χ1v) is 20.3. The summed E-state index contributed by atoms with van der Waals surface area (Å²) in [6, 6.07) is 81.9. The third kappa shape index (κ3) is 4.93. The van der Waals surface area contributed by atoms with E-state index >= 15 is 0 Å². The lowest BCUT2D eigenvalue weighted by Crippen LogP contribution is -2.28. The molecular weight excluding hydrogens is 715 g/mol. The van der Waals surface area contributed by atoms with Gasteiger partial charge in [0.1, 0.15) is 11.2 Å². The summed E-state index contributed by atoms with van der Waals surface area (Å²) in [6.45, 7) is 0. The summed E-state index contributed by atoms with van der Waals surface area (Å²) >= 11 is 0. The summed E-state index contributed by atoms with van der Waals surface area (Å²) in [7, 11) is 0. The second-order valence-corrected chi connectivity index (χ2v) is 15.6. The molecule has 2 heteroatoms. The predicted molar refractivity (Wildman–Crippen MR) is 246 cm³/mol. The second kappa shape index (κ2) is 13.2. The van der Waals surface area contributed by atoms with Crippen molar-refractivity contribution in [2.45, 2.75) is 5.41 Å². The van der Waals surface area contributed by atoms with Gasteiger partial charge in [0.2, 0.25) is 0 Å². The second-order valence-electron chi connectivity index (χ2n) is 15.6. The van der Waals surface area contributed by atoms with Crippen LogP contribution in [-0.4, -0.2) is 0 Å². The van der Waals surface area contributed by atoms with Crippen molar-refractivity contribution >= 4 is 60.5 Å². The zero-order valence-electron chi connectivity index (χ0n) is 32.2. The van der Waals surface area contributed by atoms with Crippen molar-refractivity contribution in [1.29, 1.82) is 0 Å². The van der Waals surface area contributed by atoms with Gasteiger partial charge in [0, 0.05) is 32.7 Å². The maximum atomic E-state index is 6.59. The first-order chi connectivity index (χ1) is 29.3. The molecule has 0 saturated carbocycles. The fraction of sp³-hybridized carbons (Fsp3) is 0.0175. The quantitative estimate of drug-likeness (QED) is 0.168. The monoisotopic (exact) mass is 751 g/mol. The first kappa shape index (κ1) is 33.5. The SMILES string of the molecule is c1ccc(C2(c3ccccc3)c3ccccc3-c3c(N(c4ccccc4-c4ccc5oc6c7ccccc7ccc6c5c4)c4cccc5ccccc45)cccc32)cc1. The number of nitrogens with zero attached hydrogens (tertiary/aromatic N) is 1. The van der Waals surface area contributed by atoms with E-state index in [2.05, 4.69) is 229 Å². The number of rotatable bonds is 6. The Bertz CT molecular complexity index is 3350. The van der Waals surface area contributed by atoms with Gasteiger partial charge in [-0.25, -0.2) is 0 Å². The molecule has 59 heavy (non-hydrogen) atoms. The Labute approximate surface area is 342 Å². The molecule has 12 rings (SSSR count). The molecule has 0 radical (unpaired) electrons. The van der Waals surface area contributed by atoms with Gasteiger partial charge in [0.05, 0.1) is 22.5 Å². The van der Waals surface area contributed by atoms with Gasteiger partial charge in [-0.2, -0.15) is 0 Å². The van der Waals surface area contributed by atoms with E-state index in [1.807, 2.05) is 0 Å². The van der Waals surface area contributed by atoms with E-state index in [1.54, 1.807) is 0 Å². The predicted octanol–water partition coefficient (Wildman–Crippen LogP) is 15.4. The Hall–Kier alpha value is -7.68. The number of benzene rings is 10. The molecular formula is C57H37NO. The van der Waals surface area contributed by atoms with Gasteiger partial charge in [-0.3, -0.25) is 0 Å². The van der Waals surface area contributed by atoms with Crippen molar-refractivity contribution in [3.8, 4) is 22.3 Å². The number of anilines is 3. The normalized spacial score (nSPS) is 12.9. The van der Waals surface area contributed by atoms with Crippen LogP contribution in [0.3, 0.4) is 0 Å². The molecule has 11 aromatic rings. The fourth-order valence-electron chi connectivity index (χ4n) is 10.0. The highest BCUT2D eigenvalue weighted by Gasteiger charge is 2.47. The lowest BCUT2D eigenvalue weighted by Gasteiger charge is -2.35. The van der Waals surface area contributed by atoms with Gasteiger partial charge in [-0.05, 0) is 80.6 Å². The average Bonchev–Trinajstić information content (AvgIpc) is 3.84. The Kier molecular flexibility index (Phi) is 7.48. The van der Waals surface area contributed by atoms with Crippen LogP contribution >= 0.6 is 0 Å². The van der Waals surface area contributed by atoms with Gasteiger partial charge < -0.3 is 9.32 Å². The summed E-state index contributed by atoms with van der Waals surface area (Å²) in [4.78, 5) is 2.52. The first-order valence-electron chi connectivity index (χ1n) is 20.3. The molecule has 0 unspecified atom stereocenters. The molecule has 0 N–H and O–H groups in total. The van der Waals surface area contributed by atoms with E-state index in [1.165, 1.54) is 49.5 Å². The van der Waals surface area contributed by atoms with Gasteiger partial charge >= 0.3 is 0 Å². The van der Waals surface area contributed by atoms with E-state index in [9.17, 15) is 0 Å². The maximum absolute atomic E-state index is 6.59. The number of para-hydroxylation sites is 1. The van der Waals surface area contributed by atoms with Crippen molar-refractivity contribution < 1.29 is 4.42 Å². The van der Waals surface area contributed by atoms with Crippen LogP contribution in [0.4, 0.5) is 17.1 Å². The summed E-state index contributed by atoms with van der Waals surface area (Å²) < 4.78 is 6.59. The largest absolute Gasteiger partial charge is 0.455 e. The van der Waals surface area contributed by atoms with Gasteiger partial charge in [0.25, 0.3) is 0 Å². The van der Waals surface area contributed by atoms with Crippen LogP contribution in [0, 0.1) is 0 Å². The zero-order valence-corrected chi connectivity index (χ0v) is 32.2. The van der Waals surface area contributed by atoms with Crippen LogP contribution in [0.1, 0.15) is 22.3 Å². The number of hydrogen-bond donors (Lipinski definition) is 0. The fourth-order valence-corrected chi connectivity index (χ4v) is 10.0. The standard InChI is InChI=1S/C57H37NO/c1-3-20-41(21-4-1)57(42-22-5-2-6-23-42)49-28-13-11-27-47(49)55-50(57)29-16-32-53(55)58(52-31-15-19-38-17-7-9-24-43(38)52)51-30-14-12-25-44(51)40-34-36-54-48(37-40)46-35-33-39-18-8-10-26-45(39)56(46)59-54/h1-37H. The molecule has 10 aromatic carbocycles. The smallest absolute Gasteiger partial charge is 0.143 e. The summed E-state index contributed by atoms with van der Waals surface area (Å²) in [5.41, 5.74) is 14.5. The van der Waals surface area contributed by atoms with E-state index in [4.69, 9.17) is 4.42 Å². The molecule has 0 bridgehead atoms. The summed E-state index contributed by atoms with van der Waals surface area (Å²) in [6.07, 6.45) is 0. The van der Waals surface area contributed by atoms with E-state index in [-0.39, 0.29) is 0 Å². The molecule has 1 heterocycles. The number of fused-ring (bicyclic) bond motifs is 9. The molecule has 0 saturated heterocycles. The average molecular weight is 752 g/mol. The minimum Gasteiger partial charge on any atom is -0.455 e. The number of hydrogen-bond acceptors (Lipinski definition) is 2. The topological polar surface area (TPSA) is 16.4 Å². The third-order valence-electron chi connectivity index (χ3n) is 12.5. The minimum absolute atomic E-state index is 0.522. The molecule has 0 amide bonds. The molecule has 276 valence electrons. The van der Waals surface area contributed by atoms with Gasteiger partial charge in [-0.15, -0.1) is 0 Å². The van der Waals surface area contributed by atoms with Crippen molar-refractivity contribution in [1.82, 2.24) is 0 Å². The van der Waals surface area contributed by atoms with Crippen molar-refractivity contribution in [2.24, 2.45) is 0 Å². The highest BCUT2D eigenvalue weighted by atomic mass is 16.3. The van der Waals surface area contributed by atoms with Crippen molar-refractivity contribution in [2.75, 3.05) is 4.90 Å². The third-order valence-corrected chi connectivity index (χ3v) is 12.5. The zero-order chi connectivity index (χ0) is 38.9. The van der Waals surface area contributed by atoms with Crippen LogP contribution in [0.5, 0.6) is 0 Å². The highest BCUT2D eigenvalue weighted by Crippen LogP contribution is 2.60. The Morgan fingerprint density at radius 1 is 0.356 bits per heavy atom. The molecule has 0 spiro atoms. The van der Waals surface area contributed by atoms with Crippen LogP contribution in [0.25, 0.3) is 65.7 Å². The molecule has 1 aromatic heterocycles. The van der Waals surface area contributed by atoms with E-state index in [0.717, 1.165) is 55.5 Å². The van der Waals surface area contributed by atoms with Crippen LogP contribution in [-0.2, 0) is 5.41 Å². The maximum Gasteiger partial charge on any atom is 0.143 e. The van der Waals surface area contributed by atoms with Crippen LogP contribution < -0.4 is 4.90 Å². The summed E-state index contributed by atoms with van der Waals surface area (Å²) in [5.74, 6) is 0. The minimum atomic E-state index is -0.522. The molecule has 0 fully saturated rings. The van der Waals surface area contributed by atoms with Crippen molar-refractivity contribution in [3.63, 3.8) is 0 Å². The molecule has 0 aliphatic heterocycles. The van der Waals surface area contributed by atoms with Crippen molar-refractivity contribution in [3.05, 3.63) is 247 Å². The lowest BCUT2D eigenvalue weighted by molar-refractivity contribution is 0.672. The van der Waals surface area contributed by atoms with E-state index < -0.39 is 5.41 Å². The van der Waals surface area contributed by atoms with E-state index in [0.29, 0.717) is 0 Å². The molecule has 0 atom stereocenters. The Morgan fingerprint density at radius 2 is 0.932 bits per heavy atom.